The molecule has 0 N–H and O–H groups in total. The molecule has 0 amide bonds. The number of hydrogen-bond acceptors (Lipinski definition) is 8. The number of nitrogens with zero attached hydrogens (tertiary/aromatic N) is 5. The van der Waals surface area contributed by atoms with E-state index in [0.717, 1.165) is 50.6 Å². The maximum absolute atomic E-state index is 6.57. The second-order valence-electron chi connectivity index (χ2n) is 10.8. The summed E-state index contributed by atoms with van der Waals surface area (Å²) in [6.45, 7) is 6.10. The zero-order chi connectivity index (χ0) is 29.6. The first-order chi connectivity index (χ1) is 21.0. The third-order valence-electron chi connectivity index (χ3n) is 7.92. The number of anilines is 1. The Balaban J connectivity index is 0.996. The van der Waals surface area contributed by atoms with Gasteiger partial charge in [-0.2, -0.15) is 5.10 Å². The summed E-state index contributed by atoms with van der Waals surface area (Å²) < 4.78 is 25.7. The van der Waals surface area contributed by atoms with Gasteiger partial charge in [0.25, 0.3) is 0 Å². The molecule has 11 heteroatoms. The van der Waals surface area contributed by atoms with Crippen molar-refractivity contribution in [2.45, 2.75) is 24.9 Å². The maximum Gasteiger partial charge on any atom is 0.217 e. The number of piperazine rings is 1. The van der Waals surface area contributed by atoms with E-state index in [1.54, 1.807) is 30.3 Å². The van der Waals surface area contributed by atoms with Crippen LogP contribution in [0.2, 0.25) is 10.0 Å². The Morgan fingerprint density at radius 3 is 2.42 bits per heavy atom. The van der Waals surface area contributed by atoms with Crippen LogP contribution >= 0.6 is 23.2 Å². The molecule has 226 valence electrons. The van der Waals surface area contributed by atoms with Gasteiger partial charge in [-0.1, -0.05) is 41.4 Å². The van der Waals surface area contributed by atoms with Gasteiger partial charge in [-0.15, -0.1) is 0 Å². The monoisotopic (exact) mass is 623 g/mol. The fourth-order valence-corrected chi connectivity index (χ4v) is 6.09. The molecule has 3 aromatic carbocycles. The molecule has 2 atom stereocenters. The molecule has 9 nitrogen and oxygen atoms in total. The second kappa shape index (κ2) is 13.5. The highest BCUT2D eigenvalue weighted by molar-refractivity contribution is 6.35. The van der Waals surface area contributed by atoms with Crippen molar-refractivity contribution >= 4 is 28.9 Å². The molecule has 4 aromatic rings. The molecule has 0 spiro atoms. The second-order valence-corrected chi connectivity index (χ2v) is 11.6. The van der Waals surface area contributed by atoms with E-state index < -0.39 is 5.79 Å². The van der Waals surface area contributed by atoms with Gasteiger partial charge in [-0.05, 0) is 60.5 Å². The summed E-state index contributed by atoms with van der Waals surface area (Å²) in [6.07, 6.45) is 3.83. The highest BCUT2D eigenvalue weighted by Gasteiger charge is 2.45. The highest BCUT2D eigenvalue weighted by Crippen LogP contribution is 2.40. The Morgan fingerprint density at radius 1 is 0.953 bits per heavy atom. The number of benzene rings is 3. The van der Waals surface area contributed by atoms with Crippen LogP contribution in [0.25, 0.3) is 0 Å². The molecule has 3 heterocycles. The lowest BCUT2D eigenvalue weighted by Gasteiger charge is -2.36. The van der Waals surface area contributed by atoms with Crippen molar-refractivity contribution < 1.29 is 18.9 Å². The normalized spacial score (nSPS) is 20.8. The van der Waals surface area contributed by atoms with Crippen LogP contribution in [0, 0.1) is 0 Å². The van der Waals surface area contributed by atoms with Gasteiger partial charge in [0.1, 0.15) is 43.4 Å². The smallest absolute Gasteiger partial charge is 0.217 e. The van der Waals surface area contributed by atoms with Gasteiger partial charge in [-0.25, -0.2) is 9.67 Å². The minimum atomic E-state index is -1.13. The third-order valence-corrected chi connectivity index (χ3v) is 8.47. The van der Waals surface area contributed by atoms with Gasteiger partial charge in [0.05, 0.1) is 18.7 Å². The number of ether oxygens (including phenoxy) is 4. The van der Waals surface area contributed by atoms with E-state index in [1.165, 1.54) is 17.6 Å². The summed E-state index contributed by atoms with van der Waals surface area (Å²) in [5, 5.41) is 5.23. The zero-order valence-corrected chi connectivity index (χ0v) is 25.6. The molecule has 0 bridgehead atoms. The Bertz CT molecular complexity index is 1460. The van der Waals surface area contributed by atoms with Crippen molar-refractivity contribution in [2.24, 2.45) is 0 Å². The van der Waals surface area contributed by atoms with Gasteiger partial charge >= 0.3 is 0 Å². The molecule has 0 saturated carbocycles. The van der Waals surface area contributed by atoms with E-state index in [1.807, 2.05) is 30.3 Å². The van der Waals surface area contributed by atoms with Gasteiger partial charge in [-0.3, -0.25) is 4.90 Å². The minimum absolute atomic E-state index is 0.286. The van der Waals surface area contributed by atoms with Gasteiger partial charge in [0.2, 0.25) is 5.79 Å². The van der Waals surface area contributed by atoms with E-state index in [0.29, 0.717) is 28.8 Å². The van der Waals surface area contributed by atoms with Crippen LogP contribution < -0.4 is 14.4 Å². The summed E-state index contributed by atoms with van der Waals surface area (Å²) in [7, 11) is 1.70. The van der Waals surface area contributed by atoms with E-state index in [2.05, 4.69) is 44.1 Å². The molecule has 1 aromatic heterocycles. The fourth-order valence-electron chi connectivity index (χ4n) is 5.53. The Kier molecular flexibility index (Phi) is 9.35. The molecular weight excluding hydrogens is 589 g/mol. The first-order valence-corrected chi connectivity index (χ1v) is 15.2. The van der Waals surface area contributed by atoms with Gasteiger partial charge in [0, 0.05) is 49.0 Å². The maximum atomic E-state index is 6.57. The van der Waals surface area contributed by atoms with Crippen molar-refractivity contribution in [3.8, 4) is 11.5 Å². The summed E-state index contributed by atoms with van der Waals surface area (Å²) in [4.78, 5) is 9.00. The average Bonchev–Trinajstić information content (AvgIpc) is 3.70. The van der Waals surface area contributed by atoms with Crippen LogP contribution in [-0.4, -0.2) is 78.8 Å². The number of halogens is 2. The van der Waals surface area contributed by atoms with Crippen LogP contribution in [-0.2, 0) is 28.2 Å². The molecule has 2 saturated heterocycles. The molecule has 43 heavy (non-hydrogen) atoms. The Labute approximate surface area is 261 Å². The largest absolute Gasteiger partial charge is 0.497 e. The highest BCUT2D eigenvalue weighted by atomic mass is 35.5. The summed E-state index contributed by atoms with van der Waals surface area (Å²) in [5.41, 5.74) is 3.22. The number of methoxy groups -OCH3 is 1. The molecule has 2 aliphatic rings. The van der Waals surface area contributed by atoms with Crippen LogP contribution in [0.15, 0.2) is 79.4 Å². The Morgan fingerprint density at radius 2 is 1.72 bits per heavy atom. The molecule has 6 rings (SSSR count). The Hall–Kier alpha value is -3.34. The van der Waals surface area contributed by atoms with Crippen LogP contribution in [0.1, 0.15) is 11.1 Å². The van der Waals surface area contributed by atoms with Gasteiger partial charge < -0.3 is 23.8 Å². The lowest BCUT2D eigenvalue weighted by atomic mass is 10.1. The summed E-state index contributed by atoms with van der Waals surface area (Å²) in [5.74, 6) is 0.545. The first kappa shape index (κ1) is 29.7. The molecule has 2 unspecified atom stereocenters. The van der Waals surface area contributed by atoms with Crippen molar-refractivity contribution in [2.75, 3.05) is 57.9 Å². The molecule has 2 fully saturated rings. The van der Waals surface area contributed by atoms with Crippen molar-refractivity contribution in [3.63, 3.8) is 0 Å². The van der Waals surface area contributed by atoms with Gasteiger partial charge in [0.15, 0.2) is 0 Å². The minimum Gasteiger partial charge on any atom is -0.497 e. The van der Waals surface area contributed by atoms with E-state index >= 15 is 0 Å². The predicted octanol–water partition coefficient (Wildman–Crippen LogP) is 5.31. The topological polar surface area (TPSA) is 74.1 Å². The van der Waals surface area contributed by atoms with Crippen molar-refractivity contribution in [1.82, 2.24) is 19.7 Å². The quantitative estimate of drug-likeness (QED) is 0.223. The molecule has 0 radical (unpaired) electrons. The number of aromatic nitrogens is 3. The van der Waals surface area contributed by atoms with Crippen LogP contribution in [0.5, 0.6) is 11.5 Å². The van der Waals surface area contributed by atoms with E-state index in [-0.39, 0.29) is 12.6 Å². The van der Waals surface area contributed by atoms with E-state index in [9.17, 15) is 0 Å². The van der Waals surface area contributed by atoms with Crippen LogP contribution in [0.3, 0.4) is 0 Å². The predicted molar refractivity (Wildman–Crippen MR) is 166 cm³/mol. The lowest BCUT2D eigenvalue weighted by molar-refractivity contribution is -0.190. The van der Waals surface area contributed by atoms with Crippen LogP contribution in [0.4, 0.5) is 5.69 Å². The van der Waals surface area contributed by atoms with Crippen molar-refractivity contribution in [3.05, 3.63) is 101 Å². The fraction of sp³-hybridized carbons (Fsp3) is 0.375. The zero-order valence-electron chi connectivity index (χ0n) is 24.1. The number of hydrogen-bond donors (Lipinski definition) is 0. The first-order valence-electron chi connectivity index (χ1n) is 14.4. The average molecular weight is 625 g/mol. The standard InChI is InChI=1S/C32H35Cl2N5O4/c1-40-27-7-2-24(3-8-27)12-13-37-14-16-38(17-15-37)26-5-9-28(10-6-26)41-19-29-20-42-32(43-29,21-39-23-35-22-36-39)30-11-4-25(33)18-31(30)34/h2-11,18,22-23,29H,12-17,19-21H2,1H3. The summed E-state index contributed by atoms with van der Waals surface area (Å²) >= 11 is 12.7. The molecular formula is C32H35Cl2N5O4. The molecule has 2 aliphatic heterocycles. The third kappa shape index (κ3) is 7.25. The molecule has 0 aliphatic carbocycles. The number of rotatable bonds is 11. The van der Waals surface area contributed by atoms with E-state index in [4.69, 9.17) is 42.1 Å². The SMILES string of the molecule is COc1ccc(CCN2CCN(c3ccc(OCC4COC(Cn5cncn5)(c5ccc(Cl)cc5Cl)O4)cc3)CC2)cc1. The van der Waals surface area contributed by atoms with Crippen molar-refractivity contribution in [1.29, 1.82) is 0 Å². The summed E-state index contributed by atoms with van der Waals surface area (Å²) in [6, 6.07) is 21.9. The lowest BCUT2D eigenvalue weighted by Crippen LogP contribution is -2.46.